The van der Waals surface area contributed by atoms with Crippen LogP contribution < -0.4 is 4.90 Å². The summed E-state index contributed by atoms with van der Waals surface area (Å²) in [5.41, 5.74) is -5.17. The van der Waals surface area contributed by atoms with Gasteiger partial charge in [-0.1, -0.05) is 45.0 Å². The molecule has 2 nitrogen and oxygen atoms in total. The maximum absolute atomic E-state index is 13.7. The fraction of sp³-hybridized carbons (Fsp3) is 0.471. The molecule has 0 saturated heterocycles. The smallest absolute Gasteiger partial charge is 0.299 e. The van der Waals surface area contributed by atoms with Gasteiger partial charge >= 0.3 is 12.4 Å². The summed E-state index contributed by atoms with van der Waals surface area (Å²) in [6.45, 7) is 4.64. The van der Waals surface area contributed by atoms with Gasteiger partial charge in [-0.15, -0.1) is 0 Å². The SMILES string of the molecule is CC(C)(C)C1=NC(C(F)(F)F)(C(F)(F)F)C2=CCc3ccccc3N21. The fourth-order valence-electron chi connectivity index (χ4n) is 3.21. The van der Waals surface area contributed by atoms with E-state index in [1.165, 1.54) is 6.07 Å². The van der Waals surface area contributed by atoms with Gasteiger partial charge in [0.05, 0.1) is 11.4 Å². The highest BCUT2D eigenvalue weighted by molar-refractivity contribution is 6.08. The Kier molecular flexibility index (Phi) is 3.58. The number of para-hydroxylation sites is 1. The topological polar surface area (TPSA) is 15.6 Å². The molecule has 0 spiro atoms. The number of hydrogen-bond acceptors (Lipinski definition) is 2. The van der Waals surface area contributed by atoms with Crippen LogP contribution in [0.1, 0.15) is 26.3 Å². The minimum atomic E-state index is -5.60. The standard InChI is InChI=1S/C17H16F6N2/c1-14(2,3)13-24-15(16(18,19)20,17(21,22)23)12-9-8-10-6-4-5-7-11(10)25(12)13/h4-7,9H,8H2,1-3H3. The van der Waals surface area contributed by atoms with Crippen LogP contribution in [0.15, 0.2) is 41.0 Å². The molecular weight excluding hydrogens is 346 g/mol. The van der Waals surface area contributed by atoms with Crippen molar-refractivity contribution in [2.45, 2.75) is 45.1 Å². The fourth-order valence-corrected chi connectivity index (χ4v) is 3.21. The van der Waals surface area contributed by atoms with E-state index in [4.69, 9.17) is 0 Å². The van der Waals surface area contributed by atoms with Crippen molar-refractivity contribution >= 4 is 11.5 Å². The van der Waals surface area contributed by atoms with Crippen molar-refractivity contribution in [3.05, 3.63) is 41.6 Å². The van der Waals surface area contributed by atoms with Crippen LogP contribution in [0.3, 0.4) is 0 Å². The first-order chi connectivity index (χ1) is 11.3. The van der Waals surface area contributed by atoms with Crippen molar-refractivity contribution in [2.24, 2.45) is 10.4 Å². The number of benzene rings is 1. The lowest BCUT2D eigenvalue weighted by atomic mass is 9.89. The van der Waals surface area contributed by atoms with E-state index in [-0.39, 0.29) is 12.3 Å². The maximum atomic E-state index is 13.7. The summed E-state index contributed by atoms with van der Waals surface area (Å²) in [5, 5.41) is 0. The lowest BCUT2D eigenvalue weighted by Gasteiger charge is -2.38. The van der Waals surface area contributed by atoms with Crippen LogP contribution in [-0.2, 0) is 6.42 Å². The van der Waals surface area contributed by atoms with Gasteiger partial charge in [0.15, 0.2) is 0 Å². The normalized spacial score (nSPS) is 20.0. The highest BCUT2D eigenvalue weighted by Gasteiger charge is 2.77. The second kappa shape index (κ2) is 5.02. The van der Waals surface area contributed by atoms with Crippen molar-refractivity contribution in [3.8, 4) is 0 Å². The van der Waals surface area contributed by atoms with Crippen molar-refractivity contribution < 1.29 is 26.3 Å². The minimum Gasteiger partial charge on any atom is -0.299 e. The predicted octanol–water partition coefficient (Wildman–Crippen LogP) is 5.25. The van der Waals surface area contributed by atoms with Crippen molar-refractivity contribution in [1.29, 1.82) is 0 Å². The summed E-state index contributed by atoms with van der Waals surface area (Å²) < 4.78 is 82.4. The number of allylic oxidation sites excluding steroid dienone is 1. The third-order valence-corrected chi connectivity index (χ3v) is 4.34. The second-order valence-corrected chi connectivity index (χ2v) is 7.15. The van der Waals surface area contributed by atoms with E-state index in [0.717, 1.165) is 11.0 Å². The molecule has 2 aliphatic rings. The summed E-state index contributed by atoms with van der Waals surface area (Å²) in [6, 6.07) is 6.49. The molecule has 2 heterocycles. The highest BCUT2D eigenvalue weighted by atomic mass is 19.4. The van der Waals surface area contributed by atoms with E-state index in [9.17, 15) is 26.3 Å². The molecule has 25 heavy (non-hydrogen) atoms. The summed E-state index contributed by atoms with van der Waals surface area (Å²) >= 11 is 0. The molecule has 0 saturated carbocycles. The molecule has 1 aromatic rings. The van der Waals surface area contributed by atoms with Crippen molar-refractivity contribution in [3.63, 3.8) is 0 Å². The van der Waals surface area contributed by atoms with Crippen LogP contribution >= 0.6 is 0 Å². The number of amidine groups is 1. The molecule has 0 unspecified atom stereocenters. The Hall–Kier alpha value is -1.99. The monoisotopic (exact) mass is 362 g/mol. The Morgan fingerprint density at radius 3 is 2.04 bits per heavy atom. The number of anilines is 1. The number of hydrogen-bond donors (Lipinski definition) is 0. The van der Waals surface area contributed by atoms with E-state index in [1.54, 1.807) is 39.0 Å². The van der Waals surface area contributed by atoms with Gasteiger partial charge in [-0.25, -0.2) is 4.99 Å². The number of aliphatic imine (C=N–C) groups is 1. The van der Waals surface area contributed by atoms with E-state index in [0.29, 0.717) is 11.3 Å². The minimum absolute atomic E-state index is 0.0111. The molecular formula is C17H16F6N2. The average molecular weight is 362 g/mol. The Morgan fingerprint density at radius 1 is 0.960 bits per heavy atom. The van der Waals surface area contributed by atoms with Gasteiger partial charge in [0.25, 0.3) is 5.54 Å². The van der Waals surface area contributed by atoms with Crippen LogP contribution in [0.4, 0.5) is 32.0 Å². The molecule has 0 amide bonds. The van der Waals surface area contributed by atoms with Gasteiger partial charge in [-0.3, -0.25) is 4.90 Å². The number of nitrogens with zero attached hydrogens (tertiary/aromatic N) is 2. The van der Waals surface area contributed by atoms with Crippen LogP contribution in [0.2, 0.25) is 0 Å². The van der Waals surface area contributed by atoms with Gasteiger partial charge in [0.1, 0.15) is 5.84 Å². The zero-order valence-electron chi connectivity index (χ0n) is 13.8. The Balaban J connectivity index is 2.35. The van der Waals surface area contributed by atoms with Crippen LogP contribution in [0, 0.1) is 5.41 Å². The van der Waals surface area contributed by atoms with E-state index in [1.807, 2.05) is 0 Å². The quantitative estimate of drug-likeness (QED) is 0.575. The number of fused-ring (bicyclic) bond motifs is 3. The maximum Gasteiger partial charge on any atom is 0.428 e. The third-order valence-electron chi connectivity index (χ3n) is 4.34. The van der Waals surface area contributed by atoms with Crippen LogP contribution in [0.25, 0.3) is 0 Å². The molecule has 136 valence electrons. The zero-order chi connectivity index (χ0) is 18.8. The molecule has 3 rings (SSSR count). The average Bonchev–Trinajstić information content (AvgIpc) is 2.83. The first-order valence-corrected chi connectivity index (χ1v) is 7.63. The van der Waals surface area contributed by atoms with E-state index in [2.05, 4.69) is 4.99 Å². The lowest BCUT2D eigenvalue weighted by molar-refractivity contribution is -0.280. The molecule has 0 aliphatic carbocycles. The molecule has 0 aromatic heterocycles. The van der Waals surface area contributed by atoms with Gasteiger partial charge in [-0.2, -0.15) is 26.3 Å². The molecule has 8 heteroatoms. The van der Waals surface area contributed by atoms with E-state index < -0.39 is 29.0 Å². The van der Waals surface area contributed by atoms with Gasteiger partial charge < -0.3 is 0 Å². The molecule has 0 radical (unpaired) electrons. The van der Waals surface area contributed by atoms with E-state index >= 15 is 0 Å². The van der Waals surface area contributed by atoms with Gasteiger partial charge in [0.2, 0.25) is 0 Å². The molecule has 2 aliphatic heterocycles. The van der Waals surface area contributed by atoms with Crippen LogP contribution in [0.5, 0.6) is 0 Å². The first-order valence-electron chi connectivity index (χ1n) is 7.63. The molecule has 0 bridgehead atoms. The second-order valence-electron chi connectivity index (χ2n) is 7.15. The summed E-state index contributed by atoms with van der Waals surface area (Å²) in [6.07, 6.45) is -10.2. The predicted molar refractivity (Wildman–Crippen MR) is 82.4 cm³/mol. The highest BCUT2D eigenvalue weighted by Crippen LogP contribution is 2.57. The van der Waals surface area contributed by atoms with Gasteiger partial charge in [-0.05, 0) is 18.1 Å². The number of rotatable bonds is 0. The lowest BCUT2D eigenvalue weighted by Crippen LogP contribution is -2.57. The molecule has 0 N–H and O–H groups in total. The Bertz CT molecular complexity index is 751. The largest absolute Gasteiger partial charge is 0.428 e. The summed E-state index contributed by atoms with van der Waals surface area (Å²) in [5.74, 6) is -0.249. The zero-order valence-corrected chi connectivity index (χ0v) is 13.8. The third kappa shape index (κ3) is 2.37. The molecule has 0 fully saturated rings. The Morgan fingerprint density at radius 2 is 1.52 bits per heavy atom. The Labute approximate surface area is 140 Å². The van der Waals surface area contributed by atoms with Gasteiger partial charge in [0, 0.05) is 5.41 Å². The summed E-state index contributed by atoms with van der Waals surface area (Å²) in [7, 11) is 0. The first kappa shape index (κ1) is 17.8. The van der Waals surface area contributed by atoms with Crippen LogP contribution in [-0.4, -0.2) is 23.7 Å². The van der Waals surface area contributed by atoms with Crippen molar-refractivity contribution in [1.82, 2.24) is 0 Å². The molecule has 0 atom stereocenters. The number of alkyl halides is 6. The number of halogens is 6. The molecule has 1 aromatic carbocycles. The van der Waals surface area contributed by atoms with Crippen molar-refractivity contribution in [2.75, 3.05) is 4.90 Å². The summed E-state index contributed by atoms with van der Waals surface area (Å²) in [4.78, 5) is 4.33.